The first kappa shape index (κ1) is 15.3. The molecule has 1 aliphatic rings. The van der Waals surface area contributed by atoms with Crippen LogP contribution in [-0.4, -0.2) is 28.4 Å². The maximum atomic E-state index is 12.5. The Bertz CT molecular complexity index is 758. The van der Waals surface area contributed by atoms with Crippen LogP contribution in [0.4, 0.5) is 0 Å². The summed E-state index contributed by atoms with van der Waals surface area (Å²) in [5.74, 6) is -0.151. The maximum absolute atomic E-state index is 12.5. The predicted octanol–water partition coefficient (Wildman–Crippen LogP) is 3.33. The molecule has 0 radical (unpaired) electrons. The van der Waals surface area contributed by atoms with E-state index in [0.29, 0.717) is 30.6 Å². The lowest BCUT2D eigenvalue weighted by atomic mass is 9.81. The number of ether oxygens (including phenoxy) is 1. The van der Waals surface area contributed by atoms with Crippen LogP contribution < -0.4 is 4.74 Å². The van der Waals surface area contributed by atoms with Crippen molar-refractivity contribution in [1.82, 2.24) is 4.98 Å². The van der Waals surface area contributed by atoms with Crippen LogP contribution in [0.2, 0.25) is 0 Å². The van der Waals surface area contributed by atoms with Crippen molar-refractivity contribution in [1.29, 1.82) is 0 Å². The van der Waals surface area contributed by atoms with Crippen LogP contribution in [0.15, 0.2) is 24.3 Å². The SMILES string of the molecule is CCOc1ccc(C2CC(=O)c3c([nH]c(C(=O)O)c3C)C2)cc1. The number of aromatic amines is 1. The average Bonchev–Trinajstić information content (AvgIpc) is 2.86. The highest BCUT2D eigenvalue weighted by atomic mass is 16.5. The van der Waals surface area contributed by atoms with Gasteiger partial charge in [0.1, 0.15) is 11.4 Å². The van der Waals surface area contributed by atoms with Crippen LogP contribution in [0.5, 0.6) is 5.75 Å². The molecule has 1 atom stereocenters. The lowest BCUT2D eigenvalue weighted by Crippen LogP contribution is -2.18. The van der Waals surface area contributed by atoms with Crippen LogP contribution in [-0.2, 0) is 6.42 Å². The molecule has 5 heteroatoms. The molecule has 5 nitrogen and oxygen atoms in total. The summed E-state index contributed by atoms with van der Waals surface area (Å²) >= 11 is 0. The summed E-state index contributed by atoms with van der Waals surface area (Å²) in [6, 6.07) is 7.76. The van der Waals surface area contributed by atoms with Gasteiger partial charge in [-0.05, 0) is 49.4 Å². The van der Waals surface area contributed by atoms with E-state index in [4.69, 9.17) is 4.74 Å². The molecule has 0 spiro atoms. The van der Waals surface area contributed by atoms with Crippen LogP contribution >= 0.6 is 0 Å². The number of aromatic carboxylic acids is 1. The first-order valence-electron chi connectivity index (χ1n) is 7.72. The molecule has 1 aromatic heterocycles. The molecule has 23 heavy (non-hydrogen) atoms. The van der Waals surface area contributed by atoms with Crippen molar-refractivity contribution in [2.75, 3.05) is 6.61 Å². The molecule has 2 aromatic rings. The second-order valence-electron chi connectivity index (χ2n) is 5.81. The van der Waals surface area contributed by atoms with Crippen molar-refractivity contribution in [3.63, 3.8) is 0 Å². The molecule has 1 heterocycles. The molecule has 0 saturated carbocycles. The number of H-pyrrole nitrogens is 1. The standard InChI is InChI=1S/C18H19NO4/c1-3-23-13-6-4-11(5-7-13)12-8-14-16(15(20)9-12)10(2)17(19-14)18(21)22/h4-7,12,19H,3,8-9H2,1-2H3,(H,21,22). The first-order valence-corrected chi connectivity index (χ1v) is 7.72. The quantitative estimate of drug-likeness (QED) is 0.907. The van der Waals surface area contributed by atoms with Crippen LogP contribution in [0.3, 0.4) is 0 Å². The molecule has 0 amide bonds. The zero-order valence-electron chi connectivity index (χ0n) is 13.2. The number of nitrogens with one attached hydrogen (secondary N) is 1. The zero-order chi connectivity index (χ0) is 16.6. The third-order valence-corrected chi connectivity index (χ3v) is 4.37. The predicted molar refractivity (Wildman–Crippen MR) is 85.5 cm³/mol. The Morgan fingerprint density at radius 2 is 2.00 bits per heavy atom. The maximum Gasteiger partial charge on any atom is 0.352 e. The largest absolute Gasteiger partial charge is 0.494 e. The summed E-state index contributed by atoms with van der Waals surface area (Å²) in [5.41, 5.74) is 3.02. The van der Waals surface area contributed by atoms with Gasteiger partial charge in [-0.25, -0.2) is 4.79 Å². The molecule has 2 N–H and O–H groups in total. The Kier molecular flexibility index (Phi) is 3.94. The fourth-order valence-corrected chi connectivity index (χ4v) is 3.29. The molecule has 1 aliphatic carbocycles. The lowest BCUT2D eigenvalue weighted by Gasteiger charge is -2.22. The lowest BCUT2D eigenvalue weighted by molar-refractivity contribution is 0.0690. The van der Waals surface area contributed by atoms with Gasteiger partial charge in [-0.2, -0.15) is 0 Å². The Balaban J connectivity index is 1.90. The Hall–Kier alpha value is -2.56. The zero-order valence-corrected chi connectivity index (χ0v) is 13.2. The van der Waals surface area contributed by atoms with Gasteiger partial charge in [-0.3, -0.25) is 4.79 Å². The van der Waals surface area contributed by atoms with E-state index in [-0.39, 0.29) is 17.4 Å². The van der Waals surface area contributed by atoms with E-state index in [0.717, 1.165) is 17.0 Å². The number of carboxylic acids is 1. The minimum atomic E-state index is -1.03. The summed E-state index contributed by atoms with van der Waals surface area (Å²) in [5, 5.41) is 9.21. The van der Waals surface area contributed by atoms with Crippen LogP contribution in [0.1, 0.15) is 56.9 Å². The summed E-state index contributed by atoms with van der Waals surface area (Å²) in [6.07, 6.45) is 1.04. The van der Waals surface area contributed by atoms with Crippen molar-refractivity contribution >= 4 is 11.8 Å². The van der Waals surface area contributed by atoms with Gasteiger partial charge in [0.2, 0.25) is 0 Å². The molecule has 1 aromatic carbocycles. The number of fused-ring (bicyclic) bond motifs is 1. The van der Waals surface area contributed by atoms with Crippen LogP contribution in [0.25, 0.3) is 0 Å². The van der Waals surface area contributed by atoms with Gasteiger partial charge in [-0.1, -0.05) is 12.1 Å². The Labute approximate surface area is 134 Å². The van der Waals surface area contributed by atoms with Gasteiger partial charge in [-0.15, -0.1) is 0 Å². The minimum Gasteiger partial charge on any atom is -0.494 e. The molecule has 0 saturated heterocycles. The average molecular weight is 313 g/mol. The summed E-state index contributed by atoms with van der Waals surface area (Å²) in [6.45, 7) is 4.24. The van der Waals surface area contributed by atoms with E-state index in [9.17, 15) is 14.7 Å². The van der Waals surface area contributed by atoms with E-state index in [1.807, 2.05) is 31.2 Å². The smallest absolute Gasteiger partial charge is 0.352 e. The summed E-state index contributed by atoms with van der Waals surface area (Å²) in [7, 11) is 0. The van der Waals surface area contributed by atoms with E-state index in [1.165, 1.54) is 0 Å². The minimum absolute atomic E-state index is 0.00591. The van der Waals surface area contributed by atoms with E-state index in [2.05, 4.69) is 4.98 Å². The van der Waals surface area contributed by atoms with Crippen molar-refractivity contribution in [2.24, 2.45) is 0 Å². The number of carbonyl (C=O) groups is 2. The van der Waals surface area contributed by atoms with Gasteiger partial charge in [0.05, 0.1) is 6.61 Å². The van der Waals surface area contributed by atoms with Crippen molar-refractivity contribution in [3.8, 4) is 5.75 Å². The molecule has 0 fully saturated rings. The topological polar surface area (TPSA) is 79.4 Å². The monoisotopic (exact) mass is 313 g/mol. The van der Waals surface area contributed by atoms with Crippen molar-refractivity contribution < 1.29 is 19.4 Å². The van der Waals surface area contributed by atoms with E-state index in [1.54, 1.807) is 6.92 Å². The molecule has 120 valence electrons. The highest BCUT2D eigenvalue weighted by molar-refractivity contribution is 6.03. The Morgan fingerprint density at radius 1 is 1.30 bits per heavy atom. The van der Waals surface area contributed by atoms with Crippen molar-refractivity contribution in [2.45, 2.75) is 32.6 Å². The second-order valence-corrected chi connectivity index (χ2v) is 5.81. The fraction of sp³-hybridized carbons (Fsp3) is 0.333. The van der Waals surface area contributed by atoms with E-state index >= 15 is 0 Å². The molecule has 0 bridgehead atoms. The number of benzene rings is 1. The summed E-state index contributed by atoms with van der Waals surface area (Å²) in [4.78, 5) is 26.6. The number of ketones is 1. The number of rotatable bonds is 4. The van der Waals surface area contributed by atoms with Crippen LogP contribution in [0, 0.1) is 6.92 Å². The van der Waals surface area contributed by atoms with E-state index < -0.39 is 5.97 Å². The molecular weight excluding hydrogens is 294 g/mol. The number of hydrogen-bond donors (Lipinski definition) is 2. The number of hydrogen-bond acceptors (Lipinski definition) is 3. The second kappa shape index (κ2) is 5.91. The number of Topliss-reactive ketones (excluding diaryl/α,β-unsaturated/α-hetero) is 1. The molecule has 3 rings (SSSR count). The van der Waals surface area contributed by atoms with Gasteiger partial charge in [0.15, 0.2) is 5.78 Å². The fourth-order valence-electron chi connectivity index (χ4n) is 3.29. The highest BCUT2D eigenvalue weighted by Gasteiger charge is 2.31. The molecule has 1 unspecified atom stereocenters. The van der Waals surface area contributed by atoms with Crippen molar-refractivity contribution in [3.05, 3.63) is 52.3 Å². The molecular formula is C18H19NO4. The number of carbonyl (C=O) groups excluding carboxylic acids is 1. The highest BCUT2D eigenvalue weighted by Crippen LogP contribution is 2.35. The van der Waals surface area contributed by atoms with Gasteiger partial charge in [0, 0.05) is 17.7 Å². The van der Waals surface area contributed by atoms with Gasteiger partial charge < -0.3 is 14.8 Å². The summed E-state index contributed by atoms with van der Waals surface area (Å²) < 4.78 is 5.43. The third kappa shape index (κ3) is 2.74. The van der Waals surface area contributed by atoms with Gasteiger partial charge >= 0.3 is 5.97 Å². The number of aromatic nitrogens is 1. The molecule has 0 aliphatic heterocycles. The Morgan fingerprint density at radius 3 is 2.61 bits per heavy atom. The van der Waals surface area contributed by atoms with Gasteiger partial charge in [0.25, 0.3) is 0 Å². The number of carboxylic acid groups (broad SMARTS) is 1. The normalized spacial score (nSPS) is 17.0. The third-order valence-electron chi connectivity index (χ3n) is 4.37. The first-order chi connectivity index (χ1) is 11.0.